The average molecular weight is 584 g/mol. The molecule has 0 saturated heterocycles. The van der Waals surface area contributed by atoms with Gasteiger partial charge in [0.25, 0.3) is 11.6 Å². The van der Waals surface area contributed by atoms with Crippen molar-refractivity contribution in [2.24, 2.45) is 0 Å². The number of rotatable bonds is 10. The summed E-state index contributed by atoms with van der Waals surface area (Å²) in [5, 5.41) is 24.7. The van der Waals surface area contributed by atoms with Crippen LogP contribution in [0.3, 0.4) is 0 Å². The van der Waals surface area contributed by atoms with Gasteiger partial charge in [-0.1, -0.05) is 83.5 Å². The molecule has 41 heavy (non-hydrogen) atoms. The van der Waals surface area contributed by atoms with E-state index in [9.17, 15) is 14.9 Å². The molecule has 1 amide bonds. The van der Waals surface area contributed by atoms with Gasteiger partial charge in [0.15, 0.2) is 11.0 Å². The molecule has 206 valence electrons. The second-order valence-corrected chi connectivity index (χ2v) is 10.8. The van der Waals surface area contributed by atoms with E-state index in [1.165, 1.54) is 23.9 Å². The van der Waals surface area contributed by atoms with E-state index in [1.54, 1.807) is 36.4 Å². The summed E-state index contributed by atoms with van der Waals surface area (Å²) in [7, 11) is 0. The fourth-order valence-electron chi connectivity index (χ4n) is 4.42. The Morgan fingerprint density at radius 1 is 0.951 bits per heavy atom. The molecule has 0 aliphatic rings. The number of nitrogens with one attached hydrogen (secondary N) is 1. The number of carbonyl (C=O) groups is 1. The molecule has 1 aromatic heterocycles. The highest BCUT2D eigenvalue weighted by molar-refractivity contribution is 7.98. The number of aromatic nitrogens is 3. The molecule has 0 radical (unpaired) electrons. The van der Waals surface area contributed by atoms with E-state index >= 15 is 0 Å². The lowest BCUT2D eigenvalue weighted by Crippen LogP contribution is -2.32. The van der Waals surface area contributed by atoms with Crippen LogP contribution in [0.2, 0.25) is 5.02 Å². The highest BCUT2D eigenvalue weighted by Gasteiger charge is 2.26. The quantitative estimate of drug-likeness (QED) is 0.106. The Morgan fingerprint density at radius 2 is 1.66 bits per heavy atom. The van der Waals surface area contributed by atoms with Gasteiger partial charge < -0.3 is 5.32 Å². The number of hydrogen-bond acceptors (Lipinski definition) is 6. The molecule has 1 heterocycles. The Bertz CT molecular complexity index is 1660. The summed E-state index contributed by atoms with van der Waals surface area (Å²) in [5.74, 6) is 0.874. The number of aryl methyl sites for hydroxylation is 1. The first kappa shape index (κ1) is 28.1. The van der Waals surface area contributed by atoms with Crippen LogP contribution in [0.15, 0.2) is 108 Å². The maximum Gasteiger partial charge on any atom is 0.269 e. The number of carbonyl (C=O) groups excluding carboxylic acids is 1. The lowest BCUT2D eigenvalue weighted by atomic mass is 10.0. The fourth-order valence-corrected chi connectivity index (χ4v) is 5.44. The average Bonchev–Trinajstić information content (AvgIpc) is 3.40. The van der Waals surface area contributed by atoms with Crippen LogP contribution >= 0.6 is 23.4 Å². The van der Waals surface area contributed by atoms with E-state index in [0.29, 0.717) is 39.4 Å². The van der Waals surface area contributed by atoms with Gasteiger partial charge in [-0.3, -0.25) is 19.5 Å². The molecule has 1 unspecified atom stereocenters. The number of thioether (sulfide) groups is 1. The Labute approximate surface area is 246 Å². The number of non-ortho nitro benzene ring substituents is 1. The minimum absolute atomic E-state index is 0.0192. The third-order valence-electron chi connectivity index (χ3n) is 6.43. The van der Waals surface area contributed by atoms with E-state index in [0.717, 1.165) is 16.7 Å². The van der Waals surface area contributed by atoms with E-state index in [2.05, 4.69) is 27.6 Å². The van der Waals surface area contributed by atoms with Gasteiger partial charge in [-0.25, -0.2) is 0 Å². The summed E-state index contributed by atoms with van der Waals surface area (Å²) in [6, 6.07) is 30.4. The van der Waals surface area contributed by atoms with E-state index < -0.39 is 11.0 Å². The summed E-state index contributed by atoms with van der Waals surface area (Å²) < 4.78 is 1.86. The van der Waals surface area contributed by atoms with Crippen LogP contribution < -0.4 is 5.32 Å². The van der Waals surface area contributed by atoms with Gasteiger partial charge in [0.2, 0.25) is 0 Å². The fraction of sp³-hybridized carbons (Fsp3) is 0.129. The molecule has 1 N–H and O–H groups in total. The molecule has 5 rings (SSSR count). The monoisotopic (exact) mass is 583 g/mol. The van der Waals surface area contributed by atoms with Crippen LogP contribution in [0.1, 0.15) is 38.9 Å². The van der Waals surface area contributed by atoms with Gasteiger partial charge in [-0.15, -0.1) is 10.2 Å². The molecule has 4 aromatic carbocycles. The van der Waals surface area contributed by atoms with Crippen LogP contribution in [-0.2, 0) is 12.2 Å². The van der Waals surface area contributed by atoms with Gasteiger partial charge in [0, 0.05) is 34.2 Å². The third-order valence-corrected chi connectivity index (χ3v) is 7.69. The van der Waals surface area contributed by atoms with Gasteiger partial charge in [0.1, 0.15) is 0 Å². The van der Waals surface area contributed by atoms with E-state index in [4.69, 9.17) is 11.6 Å². The zero-order valence-corrected chi connectivity index (χ0v) is 23.7. The molecule has 0 saturated carbocycles. The summed E-state index contributed by atoms with van der Waals surface area (Å²) >= 11 is 7.54. The second kappa shape index (κ2) is 12.8. The first-order chi connectivity index (χ1) is 19.9. The van der Waals surface area contributed by atoms with Crippen LogP contribution in [0, 0.1) is 17.0 Å². The van der Waals surface area contributed by atoms with Crippen molar-refractivity contribution in [1.29, 1.82) is 0 Å². The smallest absolute Gasteiger partial charge is 0.269 e. The third kappa shape index (κ3) is 7.00. The zero-order chi connectivity index (χ0) is 28.8. The lowest BCUT2D eigenvalue weighted by Gasteiger charge is -2.20. The first-order valence-electron chi connectivity index (χ1n) is 12.9. The molecule has 5 aromatic rings. The van der Waals surface area contributed by atoms with Crippen molar-refractivity contribution in [1.82, 2.24) is 20.1 Å². The predicted molar refractivity (Wildman–Crippen MR) is 161 cm³/mol. The summed E-state index contributed by atoms with van der Waals surface area (Å²) in [6.07, 6.45) is 0.452. The van der Waals surface area contributed by atoms with Crippen molar-refractivity contribution >= 4 is 35.0 Å². The van der Waals surface area contributed by atoms with Crippen molar-refractivity contribution in [3.63, 3.8) is 0 Å². The normalized spacial score (nSPS) is 11.7. The molecular formula is C31H26ClN5O3S. The molecule has 1 atom stereocenters. The summed E-state index contributed by atoms with van der Waals surface area (Å²) in [4.78, 5) is 24.2. The van der Waals surface area contributed by atoms with Crippen LogP contribution in [0.25, 0.3) is 5.69 Å². The van der Waals surface area contributed by atoms with E-state index in [-0.39, 0.29) is 11.6 Å². The Morgan fingerprint density at radius 3 is 2.34 bits per heavy atom. The number of nitro groups is 1. The Hall–Kier alpha value is -4.47. The molecule has 10 heteroatoms. The minimum atomic E-state index is -0.559. The van der Waals surface area contributed by atoms with Crippen molar-refractivity contribution in [3.05, 3.63) is 146 Å². The van der Waals surface area contributed by atoms with Gasteiger partial charge in [-0.2, -0.15) is 0 Å². The van der Waals surface area contributed by atoms with Crippen LogP contribution in [-0.4, -0.2) is 25.6 Å². The largest absolute Gasteiger partial charge is 0.342 e. The van der Waals surface area contributed by atoms with Gasteiger partial charge in [-0.05, 0) is 60.9 Å². The predicted octanol–water partition coefficient (Wildman–Crippen LogP) is 7.14. The molecule has 0 aliphatic heterocycles. The minimum Gasteiger partial charge on any atom is -0.342 e. The highest BCUT2D eigenvalue weighted by Crippen LogP contribution is 2.30. The topological polar surface area (TPSA) is 103 Å². The number of halogens is 1. The Kier molecular flexibility index (Phi) is 8.76. The summed E-state index contributed by atoms with van der Waals surface area (Å²) in [6.45, 7) is 2.04. The number of hydrogen-bond donors (Lipinski definition) is 1. The first-order valence-corrected chi connectivity index (χ1v) is 14.2. The maximum atomic E-state index is 13.4. The van der Waals surface area contributed by atoms with Crippen molar-refractivity contribution in [2.75, 3.05) is 0 Å². The lowest BCUT2D eigenvalue weighted by molar-refractivity contribution is -0.384. The van der Waals surface area contributed by atoms with Crippen LogP contribution in [0.5, 0.6) is 0 Å². The SMILES string of the molecule is Cc1cccc(CSc2nnc(C(Cc3ccccc3)NC(=O)c3ccc(Cl)cc3)n2-c2ccc([N+](=O)[O-])cc2)c1. The molecule has 0 spiro atoms. The maximum absolute atomic E-state index is 13.4. The zero-order valence-electron chi connectivity index (χ0n) is 22.1. The standard InChI is InChI=1S/C31H26ClN5O3S/c1-21-6-5-9-23(18-21)20-41-31-35-34-29(36(31)26-14-16-27(17-15-26)37(39)40)28(19-22-7-3-2-4-8-22)33-30(38)24-10-12-25(32)13-11-24/h2-18,28H,19-20H2,1H3,(H,33,38). The van der Waals surface area contributed by atoms with Gasteiger partial charge >= 0.3 is 0 Å². The number of benzene rings is 4. The van der Waals surface area contributed by atoms with E-state index in [1.807, 2.05) is 54.0 Å². The number of nitrogens with zero attached hydrogens (tertiary/aromatic N) is 4. The second-order valence-electron chi connectivity index (χ2n) is 9.45. The molecule has 0 fully saturated rings. The van der Waals surface area contributed by atoms with Crippen LogP contribution in [0.4, 0.5) is 5.69 Å². The summed E-state index contributed by atoms with van der Waals surface area (Å²) in [5.41, 5.74) is 4.39. The van der Waals surface area contributed by atoms with Gasteiger partial charge in [0.05, 0.1) is 11.0 Å². The van der Waals surface area contributed by atoms with Crippen molar-refractivity contribution < 1.29 is 9.72 Å². The van der Waals surface area contributed by atoms with Crippen molar-refractivity contribution in [3.8, 4) is 5.69 Å². The van der Waals surface area contributed by atoms with Crippen molar-refractivity contribution in [2.45, 2.75) is 30.3 Å². The molecule has 0 bridgehead atoms. The number of amides is 1. The molecule has 0 aliphatic carbocycles. The number of nitro benzene ring substituents is 1. The molecule has 8 nitrogen and oxygen atoms in total. The Balaban J connectivity index is 1.55. The molecular weight excluding hydrogens is 558 g/mol. The highest BCUT2D eigenvalue weighted by atomic mass is 35.5.